The zero-order chi connectivity index (χ0) is 22.7. The summed E-state index contributed by atoms with van der Waals surface area (Å²) in [7, 11) is 0. The van der Waals surface area contributed by atoms with Crippen molar-refractivity contribution >= 4 is 22.6 Å². The Morgan fingerprint density at radius 1 is 0.879 bits per heavy atom. The van der Waals surface area contributed by atoms with Crippen LogP contribution in [0.2, 0.25) is 0 Å². The molecule has 6 heteroatoms. The minimum absolute atomic E-state index is 0.258. The first-order chi connectivity index (χ1) is 16.1. The minimum Gasteiger partial charge on any atom is -0.474 e. The monoisotopic (exact) mass is 556 g/mol. The van der Waals surface area contributed by atoms with Crippen molar-refractivity contribution in [3.8, 4) is 22.9 Å². The Balaban J connectivity index is 1.38. The second-order valence-corrected chi connectivity index (χ2v) is 10.2. The zero-order valence-corrected chi connectivity index (χ0v) is 20.8. The Bertz CT molecular complexity index is 1080. The first-order valence-corrected chi connectivity index (χ1v) is 12.9. The lowest BCUT2D eigenvalue weighted by molar-refractivity contribution is -0.0551. The van der Waals surface area contributed by atoms with Gasteiger partial charge in [-0.2, -0.15) is 0 Å². The first kappa shape index (κ1) is 22.6. The van der Waals surface area contributed by atoms with E-state index in [1.165, 1.54) is 12.8 Å². The van der Waals surface area contributed by atoms with Crippen LogP contribution in [0.3, 0.4) is 0 Å². The van der Waals surface area contributed by atoms with Crippen LogP contribution in [0.5, 0.6) is 11.8 Å². The number of aliphatic hydroxyl groups excluding tert-OH is 1. The maximum atomic E-state index is 11.4. The van der Waals surface area contributed by atoms with Crippen LogP contribution in [0, 0.1) is 3.57 Å². The predicted molar refractivity (Wildman–Crippen MR) is 136 cm³/mol. The van der Waals surface area contributed by atoms with Gasteiger partial charge in [0.05, 0.1) is 3.57 Å². The molecule has 1 atom stereocenters. The molecule has 2 heterocycles. The number of halogens is 1. The van der Waals surface area contributed by atoms with Crippen molar-refractivity contribution in [2.75, 3.05) is 0 Å². The molecule has 0 bridgehead atoms. The summed E-state index contributed by atoms with van der Waals surface area (Å²) >= 11 is 2.24. The first-order valence-electron chi connectivity index (χ1n) is 11.8. The molecule has 33 heavy (non-hydrogen) atoms. The molecule has 0 radical (unpaired) electrons. The molecule has 172 valence electrons. The predicted octanol–water partition coefficient (Wildman–Crippen LogP) is 6.49. The highest BCUT2D eigenvalue weighted by Gasteiger charge is 2.44. The van der Waals surface area contributed by atoms with Gasteiger partial charge in [0.25, 0.3) is 0 Å². The zero-order valence-electron chi connectivity index (χ0n) is 18.6. The van der Waals surface area contributed by atoms with Crippen LogP contribution < -0.4 is 9.47 Å². The molecule has 2 aliphatic rings. The fraction of sp³-hybridized carbons (Fsp3) is 0.407. The molecular formula is C27H29IN2O3. The molecule has 0 aliphatic heterocycles. The van der Waals surface area contributed by atoms with E-state index < -0.39 is 11.7 Å². The molecule has 1 N–H and O–H groups in total. The molecule has 2 saturated carbocycles. The Morgan fingerprint density at radius 2 is 1.55 bits per heavy atom. The van der Waals surface area contributed by atoms with Gasteiger partial charge in [-0.3, -0.25) is 0 Å². The maximum absolute atomic E-state index is 11.4. The number of aliphatic hydroxyl groups is 1. The van der Waals surface area contributed by atoms with E-state index in [0.717, 1.165) is 58.8 Å². The molecule has 0 amide bonds. The summed E-state index contributed by atoms with van der Waals surface area (Å²) in [5.41, 5.74) is 2.22. The van der Waals surface area contributed by atoms with E-state index >= 15 is 0 Å². The number of aromatic nitrogens is 2. The third kappa shape index (κ3) is 4.87. The summed E-state index contributed by atoms with van der Waals surface area (Å²) < 4.78 is 13.6. The molecule has 0 spiro atoms. The van der Waals surface area contributed by atoms with Crippen molar-refractivity contribution in [2.45, 2.75) is 69.2 Å². The highest BCUT2D eigenvalue weighted by Crippen LogP contribution is 2.44. The van der Waals surface area contributed by atoms with E-state index in [-0.39, 0.29) is 6.10 Å². The lowest BCUT2D eigenvalue weighted by Gasteiger charge is -2.35. The van der Waals surface area contributed by atoms with Crippen molar-refractivity contribution in [1.29, 1.82) is 0 Å². The summed E-state index contributed by atoms with van der Waals surface area (Å²) in [6.07, 6.45) is 11.4. The average molecular weight is 556 g/mol. The van der Waals surface area contributed by atoms with E-state index in [2.05, 4.69) is 32.6 Å². The lowest BCUT2D eigenvalue weighted by Crippen LogP contribution is -2.40. The van der Waals surface area contributed by atoms with Gasteiger partial charge >= 0.3 is 0 Å². The summed E-state index contributed by atoms with van der Waals surface area (Å²) in [6, 6.07) is 16.0. The third-order valence-corrected chi connectivity index (χ3v) is 7.68. The molecule has 2 aliphatic carbocycles. The Hall–Kier alpha value is -2.19. The van der Waals surface area contributed by atoms with Crippen LogP contribution in [0.1, 0.15) is 63.0 Å². The Labute approximate surface area is 208 Å². The number of ether oxygens (including phenoxy) is 2. The fourth-order valence-corrected chi connectivity index (χ4v) is 5.52. The number of hydrogen-bond acceptors (Lipinski definition) is 5. The molecular weight excluding hydrogens is 527 g/mol. The number of nitrogens with zero attached hydrogens (tertiary/aromatic N) is 2. The van der Waals surface area contributed by atoms with Crippen molar-refractivity contribution in [3.05, 3.63) is 70.1 Å². The largest absolute Gasteiger partial charge is 0.474 e. The second kappa shape index (κ2) is 9.97. The highest BCUT2D eigenvalue weighted by molar-refractivity contribution is 14.1. The van der Waals surface area contributed by atoms with Crippen LogP contribution >= 0.6 is 22.6 Å². The van der Waals surface area contributed by atoms with E-state index in [4.69, 9.17) is 9.47 Å². The van der Waals surface area contributed by atoms with Crippen LogP contribution in [0.15, 0.2) is 60.9 Å². The molecule has 5 nitrogen and oxygen atoms in total. The van der Waals surface area contributed by atoms with E-state index in [9.17, 15) is 5.11 Å². The smallest absolute Gasteiger partial charge is 0.227 e. The highest BCUT2D eigenvalue weighted by atomic mass is 127. The summed E-state index contributed by atoms with van der Waals surface area (Å²) in [4.78, 5) is 8.91. The second-order valence-electron chi connectivity index (χ2n) is 9.07. The van der Waals surface area contributed by atoms with Crippen LogP contribution in [-0.4, -0.2) is 26.8 Å². The average Bonchev–Trinajstić information content (AvgIpc) is 3.54. The van der Waals surface area contributed by atoms with Gasteiger partial charge in [0, 0.05) is 18.0 Å². The Kier molecular flexibility index (Phi) is 6.83. The summed E-state index contributed by atoms with van der Waals surface area (Å²) in [5.74, 6) is 1.29. The van der Waals surface area contributed by atoms with Gasteiger partial charge in [-0.1, -0.05) is 24.3 Å². The number of rotatable bonds is 7. The number of hydrogen-bond donors (Lipinski definition) is 1. The van der Waals surface area contributed by atoms with Crippen molar-refractivity contribution < 1.29 is 14.6 Å². The topological polar surface area (TPSA) is 64.5 Å². The fourth-order valence-electron chi connectivity index (χ4n) is 5.06. The molecule has 2 fully saturated rings. The molecule has 3 aromatic rings. The molecule has 5 rings (SSSR count). The van der Waals surface area contributed by atoms with Crippen molar-refractivity contribution in [3.63, 3.8) is 0 Å². The van der Waals surface area contributed by atoms with Gasteiger partial charge in [0.1, 0.15) is 17.8 Å². The third-order valence-electron chi connectivity index (χ3n) is 6.86. The van der Waals surface area contributed by atoms with Crippen molar-refractivity contribution in [2.24, 2.45) is 0 Å². The van der Waals surface area contributed by atoms with Gasteiger partial charge in [0.15, 0.2) is 0 Å². The number of benzene rings is 1. The van der Waals surface area contributed by atoms with Gasteiger partial charge in [0.2, 0.25) is 11.8 Å². The van der Waals surface area contributed by atoms with Gasteiger partial charge < -0.3 is 14.6 Å². The van der Waals surface area contributed by atoms with Crippen LogP contribution in [0.4, 0.5) is 0 Å². The molecule has 2 aromatic heterocycles. The number of pyridine rings is 2. The van der Waals surface area contributed by atoms with Gasteiger partial charge in [-0.15, -0.1) is 0 Å². The van der Waals surface area contributed by atoms with Gasteiger partial charge in [-0.25, -0.2) is 9.97 Å². The Morgan fingerprint density at radius 3 is 2.24 bits per heavy atom. The quantitative estimate of drug-likeness (QED) is 0.337. The van der Waals surface area contributed by atoms with Crippen molar-refractivity contribution in [1.82, 2.24) is 9.97 Å². The lowest BCUT2D eigenvalue weighted by atomic mass is 9.88. The molecule has 1 aromatic carbocycles. The summed E-state index contributed by atoms with van der Waals surface area (Å²) in [5, 5.41) is 11.4. The van der Waals surface area contributed by atoms with Crippen LogP contribution in [-0.2, 0) is 0 Å². The molecule has 1 unspecified atom stereocenters. The van der Waals surface area contributed by atoms with E-state index in [0.29, 0.717) is 11.8 Å². The normalized spacial score (nSPS) is 18.8. The minimum atomic E-state index is -0.727. The molecule has 0 saturated heterocycles. The SMILES string of the molecule is OC(c1ccc(-c2cccnc2OC2CCCC2)cc1)C1(Oc2ncccc2I)CCCC1. The van der Waals surface area contributed by atoms with E-state index in [1.54, 1.807) is 12.4 Å². The standard InChI is InChI=1S/C27H29IN2O3/c28-23-10-6-18-30-26(23)33-27(15-3-4-16-27)24(31)20-13-11-19(12-14-20)22-9-5-17-29-25(22)32-21-7-1-2-8-21/h5-6,9-14,17-18,21,24,31H,1-4,7-8,15-16H2. The van der Waals surface area contributed by atoms with E-state index in [1.807, 2.05) is 48.5 Å². The van der Waals surface area contributed by atoms with Gasteiger partial charge in [-0.05, 0) is 109 Å². The maximum Gasteiger partial charge on any atom is 0.227 e. The summed E-state index contributed by atoms with van der Waals surface area (Å²) in [6.45, 7) is 0. The van der Waals surface area contributed by atoms with Crippen LogP contribution in [0.25, 0.3) is 11.1 Å².